The lowest BCUT2D eigenvalue weighted by Crippen LogP contribution is -1.95. The van der Waals surface area contributed by atoms with Crippen LogP contribution in [0.15, 0.2) is 47.2 Å². The molecule has 96 valence electrons. The van der Waals surface area contributed by atoms with E-state index in [4.69, 9.17) is 0 Å². The third-order valence-electron chi connectivity index (χ3n) is 2.90. The monoisotopic (exact) mass is 427 g/mol. The van der Waals surface area contributed by atoms with E-state index in [0.29, 0.717) is 0 Å². The summed E-state index contributed by atoms with van der Waals surface area (Å²) in [5.41, 5.74) is 3.44. The highest BCUT2D eigenvalue weighted by Crippen LogP contribution is 2.30. The van der Waals surface area contributed by atoms with Gasteiger partial charge in [-0.15, -0.1) is 0 Å². The van der Waals surface area contributed by atoms with Gasteiger partial charge in [0.05, 0.1) is 0 Å². The van der Waals surface area contributed by atoms with Crippen LogP contribution in [0.25, 0.3) is 5.57 Å². The van der Waals surface area contributed by atoms with E-state index in [-0.39, 0.29) is 0 Å². The second-order valence-corrected chi connectivity index (χ2v) is 6.39. The van der Waals surface area contributed by atoms with Crippen LogP contribution in [0.2, 0.25) is 0 Å². The molecule has 0 saturated heterocycles. The molecule has 2 N–H and O–H groups in total. The number of aromatic nitrogens is 1. The SMILES string of the molecule is Brc1cnc2c(c1)C(=CNc1ccc(I)cc1)CN2. The Kier molecular flexibility index (Phi) is 3.74. The zero-order chi connectivity index (χ0) is 13.2. The van der Waals surface area contributed by atoms with Gasteiger partial charge in [0.25, 0.3) is 0 Å². The largest absolute Gasteiger partial charge is 0.365 e. The summed E-state index contributed by atoms with van der Waals surface area (Å²) in [6.07, 6.45) is 3.84. The zero-order valence-electron chi connectivity index (χ0n) is 9.95. The van der Waals surface area contributed by atoms with Gasteiger partial charge in [0.2, 0.25) is 0 Å². The maximum Gasteiger partial charge on any atom is 0.133 e. The molecule has 0 saturated carbocycles. The van der Waals surface area contributed by atoms with Crippen LogP contribution in [0.5, 0.6) is 0 Å². The number of nitrogens with zero attached hydrogens (tertiary/aromatic N) is 1. The summed E-state index contributed by atoms with van der Waals surface area (Å²) in [6, 6.07) is 10.4. The Morgan fingerprint density at radius 3 is 2.89 bits per heavy atom. The average molecular weight is 428 g/mol. The zero-order valence-corrected chi connectivity index (χ0v) is 13.7. The summed E-state index contributed by atoms with van der Waals surface area (Å²) in [5, 5.41) is 6.61. The van der Waals surface area contributed by atoms with Crippen molar-refractivity contribution in [3.05, 3.63) is 56.3 Å². The molecular weight excluding hydrogens is 417 g/mol. The Hall–Kier alpha value is -1.08. The molecule has 1 aliphatic heterocycles. The van der Waals surface area contributed by atoms with E-state index in [0.717, 1.165) is 28.1 Å². The average Bonchev–Trinajstić information content (AvgIpc) is 2.80. The standard InChI is InChI=1S/C14H11BrIN3/c15-10-5-13-9(7-18-14(13)19-8-10)6-17-12-3-1-11(16)2-4-12/h1-6,8,17H,7H2,(H,18,19). The number of hydrogen-bond donors (Lipinski definition) is 2. The highest BCUT2D eigenvalue weighted by atomic mass is 127. The van der Waals surface area contributed by atoms with Crippen LogP contribution >= 0.6 is 38.5 Å². The molecule has 1 aliphatic rings. The number of benzene rings is 1. The first-order valence-corrected chi connectivity index (χ1v) is 7.70. The normalized spacial score (nSPS) is 15.2. The maximum absolute atomic E-state index is 4.35. The lowest BCUT2D eigenvalue weighted by atomic mass is 10.1. The summed E-state index contributed by atoms with van der Waals surface area (Å²) in [6.45, 7) is 0.802. The molecule has 0 amide bonds. The molecule has 1 aromatic heterocycles. The van der Waals surface area contributed by atoms with Crippen LogP contribution < -0.4 is 10.6 Å². The molecule has 0 unspecified atom stereocenters. The quantitative estimate of drug-likeness (QED) is 0.700. The van der Waals surface area contributed by atoms with Gasteiger partial charge in [0.1, 0.15) is 5.82 Å². The fourth-order valence-electron chi connectivity index (χ4n) is 1.94. The Bertz CT molecular complexity index is 638. The lowest BCUT2D eigenvalue weighted by Gasteiger charge is -2.03. The lowest BCUT2D eigenvalue weighted by molar-refractivity contribution is 1.28. The third kappa shape index (κ3) is 2.92. The van der Waals surface area contributed by atoms with Gasteiger partial charge in [-0.05, 0) is 74.4 Å². The predicted molar refractivity (Wildman–Crippen MR) is 91.2 cm³/mol. The van der Waals surface area contributed by atoms with Crippen molar-refractivity contribution >= 4 is 55.6 Å². The van der Waals surface area contributed by atoms with Gasteiger partial charge in [-0.1, -0.05) is 0 Å². The smallest absolute Gasteiger partial charge is 0.133 e. The predicted octanol–water partition coefficient (Wildman–Crippen LogP) is 4.33. The first-order chi connectivity index (χ1) is 9.22. The number of nitrogens with one attached hydrogen (secondary N) is 2. The number of rotatable bonds is 2. The first kappa shape index (κ1) is 12.9. The molecule has 0 spiro atoms. The molecule has 0 aliphatic carbocycles. The van der Waals surface area contributed by atoms with Gasteiger partial charge < -0.3 is 10.6 Å². The van der Waals surface area contributed by atoms with Gasteiger partial charge in [0.15, 0.2) is 0 Å². The van der Waals surface area contributed by atoms with Crippen LogP contribution in [0.1, 0.15) is 5.56 Å². The molecule has 2 heterocycles. The van der Waals surface area contributed by atoms with Gasteiger partial charge in [0, 0.05) is 38.2 Å². The molecule has 0 fully saturated rings. The second-order valence-electron chi connectivity index (χ2n) is 4.22. The molecule has 3 rings (SSSR count). The van der Waals surface area contributed by atoms with Crippen molar-refractivity contribution in [2.75, 3.05) is 17.2 Å². The van der Waals surface area contributed by atoms with E-state index in [1.807, 2.05) is 6.20 Å². The molecule has 2 aromatic rings. The summed E-state index contributed by atoms with van der Waals surface area (Å²) in [5.74, 6) is 0.943. The van der Waals surface area contributed by atoms with Crippen molar-refractivity contribution in [2.24, 2.45) is 0 Å². The van der Waals surface area contributed by atoms with E-state index in [1.165, 1.54) is 9.14 Å². The van der Waals surface area contributed by atoms with E-state index >= 15 is 0 Å². The molecule has 3 nitrogen and oxygen atoms in total. The molecule has 5 heteroatoms. The van der Waals surface area contributed by atoms with Crippen LogP contribution in [-0.4, -0.2) is 11.5 Å². The third-order valence-corrected chi connectivity index (χ3v) is 4.06. The first-order valence-electron chi connectivity index (χ1n) is 5.83. The van der Waals surface area contributed by atoms with Crippen LogP contribution in [-0.2, 0) is 0 Å². The molecule has 0 bridgehead atoms. The number of fused-ring (bicyclic) bond motifs is 1. The minimum absolute atomic E-state index is 0.802. The number of pyridine rings is 1. The number of anilines is 2. The second kappa shape index (κ2) is 5.50. The highest BCUT2D eigenvalue weighted by molar-refractivity contribution is 14.1. The van der Waals surface area contributed by atoms with Crippen molar-refractivity contribution in [3.63, 3.8) is 0 Å². The molecule has 0 atom stereocenters. The van der Waals surface area contributed by atoms with Crippen LogP contribution in [0, 0.1) is 3.57 Å². The molecule has 1 aromatic carbocycles. The Morgan fingerprint density at radius 1 is 1.32 bits per heavy atom. The summed E-state index contributed by atoms with van der Waals surface area (Å²) < 4.78 is 2.23. The molecule has 0 radical (unpaired) electrons. The van der Waals surface area contributed by atoms with Gasteiger partial charge in [-0.25, -0.2) is 4.98 Å². The summed E-state index contributed by atoms with van der Waals surface area (Å²) >= 11 is 5.76. The number of hydrogen-bond acceptors (Lipinski definition) is 3. The van der Waals surface area contributed by atoms with E-state index in [1.54, 1.807) is 6.20 Å². The van der Waals surface area contributed by atoms with E-state index in [2.05, 4.69) is 84.5 Å². The van der Waals surface area contributed by atoms with Crippen LogP contribution in [0.3, 0.4) is 0 Å². The summed E-state index contributed by atoms with van der Waals surface area (Å²) in [4.78, 5) is 4.35. The highest BCUT2D eigenvalue weighted by Gasteiger charge is 2.16. The van der Waals surface area contributed by atoms with Gasteiger partial charge >= 0.3 is 0 Å². The van der Waals surface area contributed by atoms with Crippen LogP contribution in [0.4, 0.5) is 11.5 Å². The Balaban J connectivity index is 1.83. The minimum atomic E-state index is 0.802. The van der Waals surface area contributed by atoms with E-state index in [9.17, 15) is 0 Å². The van der Waals surface area contributed by atoms with Gasteiger partial charge in [-0.2, -0.15) is 0 Å². The molecule has 19 heavy (non-hydrogen) atoms. The number of halogens is 2. The fraction of sp³-hybridized carbons (Fsp3) is 0.0714. The maximum atomic E-state index is 4.35. The minimum Gasteiger partial charge on any atom is -0.365 e. The van der Waals surface area contributed by atoms with Crippen molar-refractivity contribution in [1.29, 1.82) is 0 Å². The van der Waals surface area contributed by atoms with Crippen molar-refractivity contribution in [1.82, 2.24) is 4.98 Å². The summed E-state index contributed by atoms with van der Waals surface area (Å²) in [7, 11) is 0. The van der Waals surface area contributed by atoms with E-state index < -0.39 is 0 Å². The van der Waals surface area contributed by atoms with Gasteiger partial charge in [-0.3, -0.25) is 0 Å². The van der Waals surface area contributed by atoms with Crippen molar-refractivity contribution < 1.29 is 0 Å². The van der Waals surface area contributed by atoms with Crippen molar-refractivity contribution in [3.8, 4) is 0 Å². The Morgan fingerprint density at radius 2 is 2.11 bits per heavy atom. The van der Waals surface area contributed by atoms with Crippen molar-refractivity contribution in [2.45, 2.75) is 0 Å². The topological polar surface area (TPSA) is 37.0 Å². The Labute approximate surface area is 133 Å². The molecular formula is C14H11BrIN3. The fourth-order valence-corrected chi connectivity index (χ4v) is 2.64.